The Morgan fingerprint density at radius 1 is 1.29 bits per heavy atom. The third-order valence-corrected chi connectivity index (χ3v) is 4.34. The number of hydrogen-bond acceptors (Lipinski definition) is 2. The molecule has 0 aliphatic carbocycles. The highest BCUT2D eigenvalue weighted by Crippen LogP contribution is 2.24. The number of anilines is 1. The van der Waals surface area contributed by atoms with Crippen LogP contribution in [0.25, 0.3) is 0 Å². The predicted octanol–water partition coefficient (Wildman–Crippen LogP) is 4.38. The zero-order chi connectivity index (χ0) is 12.4. The molecule has 0 aliphatic heterocycles. The van der Waals surface area contributed by atoms with Crippen molar-refractivity contribution in [3.05, 3.63) is 50.1 Å². The minimum absolute atomic E-state index is 0.0510. The van der Waals surface area contributed by atoms with Crippen LogP contribution in [0.5, 0.6) is 0 Å². The summed E-state index contributed by atoms with van der Waals surface area (Å²) in [4.78, 5) is 12.0. The molecule has 2 aromatic rings. The van der Waals surface area contributed by atoms with Crippen LogP contribution >= 0.6 is 27.3 Å². The lowest BCUT2D eigenvalue weighted by Gasteiger charge is -2.09. The molecule has 1 amide bonds. The maximum absolute atomic E-state index is 12.0. The maximum Gasteiger partial charge on any atom is 0.256 e. The number of nitrogens with one attached hydrogen (secondary N) is 1. The normalized spacial score (nSPS) is 10.3. The smallest absolute Gasteiger partial charge is 0.256 e. The number of halogens is 1. The van der Waals surface area contributed by atoms with Crippen molar-refractivity contribution in [1.82, 2.24) is 0 Å². The molecule has 2 rings (SSSR count). The summed E-state index contributed by atoms with van der Waals surface area (Å²) < 4.78 is 0.998. The third-order valence-electron chi connectivity index (χ3n) is 2.62. The van der Waals surface area contributed by atoms with Crippen molar-refractivity contribution in [3.8, 4) is 0 Å². The van der Waals surface area contributed by atoms with Crippen molar-refractivity contribution >= 4 is 38.9 Å². The summed E-state index contributed by atoms with van der Waals surface area (Å²) in [5.74, 6) is -0.0510. The molecular weight excluding hydrogens is 298 g/mol. The van der Waals surface area contributed by atoms with Crippen LogP contribution in [0.4, 0.5) is 5.69 Å². The van der Waals surface area contributed by atoms with Crippen molar-refractivity contribution in [1.29, 1.82) is 0 Å². The van der Waals surface area contributed by atoms with Crippen molar-refractivity contribution in [3.63, 3.8) is 0 Å². The van der Waals surface area contributed by atoms with Crippen LogP contribution < -0.4 is 5.32 Å². The number of amides is 1. The molecule has 88 valence electrons. The molecular formula is C13H12BrNOS. The number of hydrogen-bond donors (Lipinski definition) is 1. The van der Waals surface area contributed by atoms with Gasteiger partial charge in [-0.25, -0.2) is 0 Å². The summed E-state index contributed by atoms with van der Waals surface area (Å²) in [6.07, 6.45) is 0. The van der Waals surface area contributed by atoms with Gasteiger partial charge in [-0.15, -0.1) is 0 Å². The number of thiophene rings is 1. The van der Waals surface area contributed by atoms with Crippen molar-refractivity contribution in [2.45, 2.75) is 13.8 Å². The fourth-order valence-electron chi connectivity index (χ4n) is 1.53. The Balaban J connectivity index is 2.25. The largest absolute Gasteiger partial charge is 0.322 e. The van der Waals surface area contributed by atoms with Gasteiger partial charge in [0.15, 0.2) is 0 Å². The predicted molar refractivity (Wildman–Crippen MR) is 75.9 cm³/mol. The van der Waals surface area contributed by atoms with E-state index in [1.807, 2.05) is 42.8 Å². The Morgan fingerprint density at radius 2 is 2.06 bits per heavy atom. The van der Waals surface area contributed by atoms with Gasteiger partial charge in [0.25, 0.3) is 5.91 Å². The second-order valence-corrected chi connectivity index (χ2v) is 5.43. The summed E-state index contributed by atoms with van der Waals surface area (Å²) in [6.45, 7) is 3.92. The third kappa shape index (κ3) is 2.58. The lowest BCUT2D eigenvalue weighted by Crippen LogP contribution is -2.13. The number of carbonyl (C=O) groups is 1. The summed E-state index contributed by atoms with van der Waals surface area (Å²) in [7, 11) is 0. The van der Waals surface area contributed by atoms with Gasteiger partial charge in [-0.05, 0) is 42.5 Å². The zero-order valence-corrected chi connectivity index (χ0v) is 12.0. The highest BCUT2D eigenvalue weighted by molar-refractivity contribution is 9.10. The van der Waals surface area contributed by atoms with Gasteiger partial charge in [0, 0.05) is 15.5 Å². The molecule has 0 atom stereocenters. The molecule has 4 heteroatoms. The highest BCUT2D eigenvalue weighted by Gasteiger charge is 2.11. The average molecular weight is 310 g/mol. The first-order valence-electron chi connectivity index (χ1n) is 5.19. The molecule has 0 spiro atoms. The Labute approximate surface area is 113 Å². The molecule has 1 heterocycles. The minimum Gasteiger partial charge on any atom is -0.322 e. The maximum atomic E-state index is 12.0. The van der Waals surface area contributed by atoms with E-state index in [0.717, 1.165) is 26.9 Å². The summed E-state index contributed by atoms with van der Waals surface area (Å²) in [6, 6.07) is 5.77. The second-order valence-electron chi connectivity index (χ2n) is 3.83. The van der Waals surface area contributed by atoms with Gasteiger partial charge >= 0.3 is 0 Å². The first-order chi connectivity index (χ1) is 8.09. The Morgan fingerprint density at radius 3 is 2.71 bits per heavy atom. The molecule has 0 unspecified atom stereocenters. The first-order valence-corrected chi connectivity index (χ1v) is 6.92. The molecule has 0 saturated heterocycles. The van der Waals surface area contributed by atoms with E-state index in [1.165, 1.54) is 0 Å². The fraction of sp³-hybridized carbons (Fsp3) is 0.154. The summed E-state index contributed by atoms with van der Waals surface area (Å²) in [5, 5.41) is 6.78. The van der Waals surface area contributed by atoms with E-state index in [-0.39, 0.29) is 5.91 Å². The van der Waals surface area contributed by atoms with Crippen LogP contribution in [0.3, 0.4) is 0 Å². The Bertz CT molecular complexity index is 562. The van der Waals surface area contributed by atoms with Gasteiger partial charge in [-0.2, -0.15) is 11.3 Å². The molecule has 1 N–H and O–H groups in total. The van der Waals surface area contributed by atoms with E-state index in [9.17, 15) is 4.79 Å². The van der Waals surface area contributed by atoms with Crippen LogP contribution in [0.2, 0.25) is 0 Å². The quantitative estimate of drug-likeness (QED) is 0.876. The SMILES string of the molecule is Cc1cscc1C(=O)Nc1cccc(Br)c1C. The molecule has 2 nitrogen and oxygen atoms in total. The second kappa shape index (κ2) is 5.02. The van der Waals surface area contributed by atoms with Crippen LogP contribution in [0, 0.1) is 13.8 Å². The van der Waals surface area contributed by atoms with E-state index in [1.54, 1.807) is 11.3 Å². The van der Waals surface area contributed by atoms with Gasteiger partial charge in [-0.1, -0.05) is 22.0 Å². The molecule has 0 fully saturated rings. The topological polar surface area (TPSA) is 29.1 Å². The molecule has 17 heavy (non-hydrogen) atoms. The van der Waals surface area contributed by atoms with E-state index in [4.69, 9.17) is 0 Å². The number of benzene rings is 1. The number of carbonyl (C=O) groups excluding carboxylic acids is 1. The lowest BCUT2D eigenvalue weighted by molar-refractivity contribution is 0.102. The molecule has 1 aromatic heterocycles. The molecule has 0 aliphatic rings. The van der Waals surface area contributed by atoms with Crippen molar-refractivity contribution < 1.29 is 4.79 Å². The standard InChI is InChI=1S/C13H12BrNOS/c1-8-6-17-7-10(8)13(16)15-12-5-3-4-11(14)9(12)2/h3-7H,1-2H3,(H,15,16). The van der Waals surface area contributed by atoms with Crippen LogP contribution in [0.1, 0.15) is 21.5 Å². The molecule has 0 radical (unpaired) electrons. The Kier molecular flexibility index (Phi) is 3.64. The van der Waals surface area contributed by atoms with E-state index < -0.39 is 0 Å². The van der Waals surface area contributed by atoms with Crippen LogP contribution in [0.15, 0.2) is 33.4 Å². The van der Waals surface area contributed by atoms with Gasteiger partial charge < -0.3 is 5.32 Å². The van der Waals surface area contributed by atoms with Gasteiger partial charge in [0.05, 0.1) is 5.56 Å². The summed E-state index contributed by atoms with van der Waals surface area (Å²) in [5.41, 5.74) is 3.64. The molecule has 0 bridgehead atoms. The Hall–Kier alpha value is -1.13. The zero-order valence-electron chi connectivity index (χ0n) is 9.58. The minimum atomic E-state index is -0.0510. The fourth-order valence-corrected chi connectivity index (χ4v) is 2.72. The van der Waals surface area contributed by atoms with Crippen molar-refractivity contribution in [2.24, 2.45) is 0 Å². The number of rotatable bonds is 2. The molecule has 1 aromatic carbocycles. The van der Waals surface area contributed by atoms with E-state index >= 15 is 0 Å². The number of aryl methyl sites for hydroxylation is 1. The van der Waals surface area contributed by atoms with Gasteiger partial charge in [0.1, 0.15) is 0 Å². The highest BCUT2D eigenvalue weighted by atomic mass is 79.9. The van der Waals surface area contributed by atoms with Crippen LogP contribution in [-0.4, -0.2) is 5.91 Å². The van der Waals surface area contributed by atoms with Crippen molar-refractivity contribution in [2.75, 3.05) is 5.32 Å². The van der Waals surface area contributed by atoms with Crippen LogP contribution in [-0.2, 0) is 0 Å². The van der Waals surface area contributed by atoms with Gasteiger partial charge in [-0.3, -0.25) is 4.79 Å². The van der Waals surface area contributed by atoms with Gasteiger partial charge in [0.2, 0.25) is 0 Å². The lowest BCUT2D eigenvalue weighted by atomic mass is 10.1. The summed E-state index contributed by atoms with van der Waals surface area (Å²) >= 11 is 4.99. The molecule has 0 saturated carbocycles. The monoisotopic (exact) mass is 309 g/mol. The first kappa shape index (κ1) is 12.3. The average Bonchev–Trinajstić information content (AvgIpc) is 2.71. The van der Waals surface area contributed by atoms with E-state index in [0.29, 0.717) is 0 Å². The van der Waals surface area contributed by atoms with E-state index in [2.05, 4.69) is 21.2 Å².